The Labute approximate surface area is 81.8 Å². The zero-order chi connectivity index (χ0) is 10.1. The summed E-state index contributed by atoms with van der Waals surface area (Å²) >= 11 is 0. The van der Waals surface area contributed by atoms with Crippen LogP contribution in [0.15, 0.2) is 0 Å². The highest BCUT2D eigenvalue weighted by Crippen LogP contribution is 2.33. The van der Waals surface area contributed by atoms with E-state index in [1.54, 1.807) is 0 Å². The third kappa shape index (κ3) is 3.28. The molecule has 0 amide bonds. The molecule has 0 spiro atoms. The number of hydrogen-bond donors (Lipinski definition) is 1. The molecule has 2 N–H and O–H groups in total. The highest BCUT2D eigenvalue weighted by Gasteiger charge is 2.39. The maximum atomic E-state index is 5.97. The van der Waals surface area contributed by atoms with Crippen LogP contribution in [0.3, 0.4) is 0 Å². The lowest BCUT2D eigenvalue weighted by atomic mass is 9.96. The number of hydrogen-bond acceptors (Lipinski definition) is 2. The van der Waals surface area contributed by atoms with Crippen molar-refractivity contribution < 1.29 is 4.74 Å². The van der Waals surface area contributed by atoms with E-state index in [1.807, 2.05) is 0 Å². The van der Waals surface area contributed by atoms with Crippen LogP contribution in [-0.4, -0.2) is 18.2 Å². The molecule has 78 valence electrons. The van der Waals surface area contributed by atoms with E-state index >= 15 is 0 Å². The van der Waals surface area contributed by atoms with Crippen LogP contribution in [0.4, 0.5) is 0 Å². The average Bonchev–Trinajstić information content (AvgIpc) is 2.67. The molecule has 2 heteroatoms. The first kappa shape index (κ1) is 11.0. The molecule has 13 heavy (non-hydrogen) atoms. The normalized spacial score (nSPS) is 20.3. The molecule has 0 bridgehead atoms. The number of rotatable bonds is 5. The van der Waals surface area contributed by atoms with Gasteiger partial charge in [-0.25, -0.2) is 0 Å². The summed E-state index contributed by atoms with van der Waals surface area (Å²) in [6, 6.07) is 0. The lowest BCUT2D eigenvalue weighted by Gasteiger charge is -2.26. The molecule has 0 atom stereocenters. The molecule has 1 aliphatic carbocycles. The first-order valence-corrected chi connectivity index (χ1v) is 5.35. The summed E-state index contributed by atoms with van der Waals surface area (Å²) in [6.07, 6.45) is 2.63. The molecule has 0 aliphatic heterocycles. The van der Waals surface area contributed by atoms with Gasteiger partial charge in [-0.3, -0.25) is 0 Å². The Balaban J connectivity index is 2.30. The number of nitrogens with two attached hydrogens (primary N) is 1. The van der Waals surface area contributed by atoms with Crippen LogP contribution in [0.1, 0.15) is 40.5 Å². The van der Waals surface area contributed by atoms with Crippen molar-refractivity contribution in [2.24, 2.45) is 17.6 Å². The minimum Gasteiger partial charge on any atom is -0.376 e. The Kier molecular flexibility index (Phi) is 3.36. The largest absolute Gasteiger partial charge is 0.376 e. The van der Waals surface area contributed by atoms with Crippen molar-refractivity contribution in [3.8, 4) is 0 Å². The molecular weight excluding hydrogens is 162 g/mol. The van der Waals surface area contributed by atoms with Crippen LogP contribution in [0, 0.1) is 11.8 Å². The predicted molar refractivity (Wildman–Crippen MR) is 55.6 cm³/mol. The fourth-order valence-electron chi connectivity index (χ4n) is 1.72. The summed E-state index contributed by atoms with van der Waals surface area (Å²) in [5.41, 5.74) is 6.00. The van der Waals surface area contributed by atoms with Crippen molar-refractivity contribution in [3.63, 3.8) is 0 Å². The lowest BCUT2D eigenvalue weighted by Crippen LogP contribution is -2.34. The molecule has 0 aromatic carbocycles. The Morgan fingerprint density at radius 1 is 1.15 bits per heavy atom. The Hall–Kier alpha value is -0.0800. The fraction of sp³-hybridized carbons (Fsp3) is 1.00. The highest BCUT2D eigenvalue weighted by molar-refractivity contribution is 4.98. The smallest absolute Gasteiger partial charge is 0.0650 e. The third-order valence-electron chi connectivity index (χ3n) is 2.77. The average molecular weight is 185 g/mol. The highest BCUT2D eigenvalue weighted by atomic mass is 16.5. The van der Waals surface area contributed by atoms with Gasteiger partial charge in [-0.2, -0.15) is 0 Å². The SMILES string of the molecule is CC(C)C(OCC1(N)CC1)C(C)C. The molecule has 0 heterocycles. The zero-order valence-electron chi connectivity index (χ0n) is 9.34. The molecule has 1 fully saturated rings. The van der Waals surface area contributed by atoms with Crippen LogP contribution in [0.25, 0.3) is 0 Å². The van der Waals surface area contributed by atoms with Gasteiger partial charge in [0.2, 0.25) is 0 Å². The summed E-state index contributed by atoms with van der Waals surface area (Å²) in [7, 11) is 0. The first-order chi connectivity index (χ1) is 5.94. The Morgan fingerprint density at radius 3 is 1.92 bits per heavy atom. The van der Waals surface area contributed by atoms with E-state index in [2.05, 4.69) is 27.7 Å². The van der Waals surface area contributed by atoms with Gasteiger partial charge in [-0.1, -0.05) is 27.7 Å². The second kappa shape index (κ2) is 3.97. The fourth-order valence-corrected chi connectivity index (χ4v) is 1.72. The third-order valence-corrected chi connectivity index (χ3v) is 2.77. The van der Waals surface area contributed by atoms with Crippen molar-refractivity contribution in [1.29, 1.82) is 0 Å². The Bertz CT molecular complexity index is 153. The Morgan fingerprint density at radius 2 is 1.62 bits per heavy atom. The van der Waals surface area contributed by atoms with Gasteiger partial charge < -0.3 is 10.5 Å². The molecule has 0 unspecified atom stereocenters. The van der Waals surface area contributed by atoms with Gasteiger partial charge in [0.1, 0.15) is 0 Å². The van der Waals surface area contributed by atoms with E-state index in [0.29, 0.717) is 17.9 Å². The van der Waals surface area contributed by atoms with Crippen molar-refractivity contribution in [1.82, 2.24) is 0 Å². The van der Waals surface area contributed by atoms with Gasteiger partial charge >= 0.3 is 0 Å². The summed E-state index contributed by atoms with van der Waals surface area (Å²) in [5.74, 6) is 1.17. The van der Waals surface area contributed by atoms with Crippen LogP contribution in [0.5, 0.6) is 0 Å². The molecule has 0 radical (unpaired) electrons. The molecule has 0 saturated heterocycles. The maximum absolute atomic E-state index is 5.97. The predicted octanol–water partition coefficient (Wildman–Crippen LogP) is 2.17. The van der Waals surface area contributed by atoms with Crippen molar-refractivity contribution in [2.45, 2.75) is 52.2 Å². The zero-order valence-corrected chi connectivity index (χ0v) is 9.34. The van der Waals surface area contributed by atoms with Crippen LogP contribution >= 0.6 is 0 Å². The number of ether oxygens (including phenoxy) is 1. The van der Waals surface area contributed by atoms with E-state index in [-0.39, 0.29) is 5.54 Å². The van der Waals surface area contributed by atoms with E-state index < -0.39 is 0 Å². The van der Waals surface area contributed by atoms with Gasteiger partial charge in [0, 0.05) is 5.54 Å². The quantitative estimate of drug-likeness (QED) is 0.712. The second-order valence-corrected chi connectivity index (χ2v) is 5.13. The minimum atomic E-state index is 0.0298. The van der Waals surface area contributed by atoms with Gasteiger partial charge in [-0.15, -0.1) is 0 Å². The molecule has 1 aliphatic rings. The van der Waals surface area contributed by atoms with Crippen LogP contribution in [-0.2, 0) is 4.74 Å². The standard InChI is InChI=1S/C11H23NO/c1-8(2)10(9(3)4)13-7-11(12)5-6-11/h8-10H,5-7,12H2,1-4H3. The molecule has 0 aromatic heterocycles. The summed E-state index contributed by atoms with van der Waals surface area (Å²) in [4.78, 5) is 0. The van der Waals surface area contributed by atoms with Crippen LogP contribution in [0.2, 0.25) is 0 Å². The molecular formula is C11H23NO. The molecule has 2 nitrogen and oxygen atoms in total. The summed E-state index contributed by atoms with van der Waals surface area (Å²) in [6.45, 7) is 9.58. The van der Waals surface area contributed by atoms with E-state index in [0.717, 1.165) is 19.4 Å². The van der Waals surface area contributed by atoms with Gasteiger partial charge in [-0.05, 0) is 24.7 Å². The van der Waals surface area contributed by atoms with E-state index in [9.17, 15) is 0 Å². The van der Waals surface area contributed by atoms with Crippen molar-refractivity contribution >= 4 is 0 Å². The van der Waals surface area contributed by atoms with Gasteiger partial charge in [0.05, 0.1) is 12.7 Å². The monoisotopic (exact) mass is 185 g/mol. The second-order valence-electron chi connectivity index (χ2n) is 5.13. The lowest BCUT2D eigenvalue weighted by molar-refractivity contribution is -0.0173. The maximum Gasteiger partial charge on any atom is 0.0650 e. The summed E-state index contributed by atoms with van der Waals surface area (Å²) < 4.78 is 5.87. The van der Waals surface area contributed by atoms with Gasteiger partial charge in [0.15, 0.2) is 0 Å². The molecule has 1 saturated carbocycles. The molecule has 1 rings (SSSR count). The summed E-state index contributed by atoms with van der Waals surface area (Å²) in [5, 5.41) is 0. The van der Waals surface area contributed by atoms with E-state index in [1.165, 1.54) is 0 Å². The van der Waals surface area contributed by atoms with E-state index in [4.69, 9.17) is 10.5 Å². The minimum absolute atomic E-state index is 0.0298. The van der Waals surface area contributed by atoms with Crippen LogP contribution < -0.4 is 5.73 Å². The van der Waals surface area contributed by atoms with Gasteiger partial charge in [0.25, 0.3) is 0 Å². The molecule has 0 aromatic rings. The topological polar surface area (TPSA) is 35.2 Å². The van der Waals surface area contributed by atoms with Crippen molar-refractivity contribution in [3.05, 3.63) is 0 Å². The van der Waals surface area contributed by atoms with Crippen molar-refractivity contribution in [2.75, 3.05) is 6.61 Å². The first-order valence-electron chi connectivity index (χ1n) is 5.35.